The van der Waals surface area contributed by atoms with E-state index < -0.39 is 0 Å². The first-order chi connectivity index (χ1) is 13.7. The molecular weight excluding hydrogens is 356 g/mol. The Bertz CT molecular complexity index is 943. The Hall–Kier alpha value is -3.74. The summed E-state index contributed by atoms with van der Waals surface area (Å²) >= 11 is 0. The van der Waals surface area contributed by atoms with E-state index in [1.54, 1.807) is 42.7 Å². The second kappa shape index (κ2) is 9.27. The summed E-state index contributed by atoms with van der Waals surface area (Å²) in [6, 6.07) is 13.7. The van der Waals surface area contributed by atoms with Gasteiger partial charge in [-0.25, -0.2) is 0 Å². The highest BCUT2D eigenvalue weighted by atomic mass is 16.5. The van der Waals surface area contributed by atoms with Crippen LogP contribution in [0.4, 0.5) is 5.69 Å². The number of nitrogens with zero attached hydrogens (tertiary/aromatic N) is 2. The molecule has 0 unspecified atom stereocenters. The van der Waals surface area contributed by atoms with Crippen molar-refractivity contribution in [2.75, 3.05) is 11.9 Å². The maximum Gasteiger partial charge on any atom is 0.270 e. The molecule has 142 valence electrons. The zero-order valence-electron chi connectivity index (χ0n) is 15.4. The summed E-state index contributed by atoms with van der Waals surface area (Å²) < 4.78 is 5.38. The van der Waals surface area contributed by atoms with Gasteiger partial charge in [0.2, 0.25) is 0 Å². The van der Waals surface area contributed by atoms with Gasteiger partial charge >= 0.3 is 0 Å². The number of aromatic nitrogens is 2. The molecule has 3 aromatic rings. The molecule has 7 heteroatoms. The van der Waals surface area contributed by atoms with Crippen molar-refractivity contribution in [3.05, 3.63) is 83.9 Å². The number of anilines is 1. The number of hydrogen-bond donors (Lipinski definition) is 2. The van der Waals surface area contributed by atoms with Crippen molar-refractivity contribution in [3.63, 3.8) is 0 Å². The number of benzene rings is 1. The lowest BCUT2D eigenvalue weighted by Crippen LogP contribution is -2.24. The average Bonchev–Trinajstić information content (AvgIpc) is 2.74. The SMILES string of the molecule is CCOc1ccc(NC(=O)c2ccnc(C(=O)NCc3ccncc3)c2)cc1. The van der Waals surface area contributed by atoms with Crippen LogP contribution in [0.5, 0.6) is 5.75 Å². The molecule has 2 heterocycles. The normalized spacial score (nSPS) is 10.2. The fraction of sp³-hybridized carbons (Fsp3) is 0.143. The molecule has 1 aromatic carbocycles. The molecule has 0 saturated carbocycles. The zero-order chi connectivity index (χ0) is 19.8. The first-order valence-corrected chi connectivity index (χ1v) is 8.83. The van der Waals surface area contributed by atoms with Crippen molar-refractivity contribution in [2.24, 2.45) is 0 Å². The third kappa shape index (κ3) is 5.14. The molecule has 0 aliphatic rings. The molecule has 0 bridgehead atoms. The van der Waals surface area contributed by atoms with Crippen molar-refractivity contribution in [3.8, 4) is 5.75 Å². The van der Waals surface area contributed by atoms with E-state index in [0.29, 0.717) is 24.4 Å². The second-order valence-corrected chi connectivity index (χ2v) is 5.88. The second-order valence-electron chi connectivity index (χ2n) is 5.88. The van der Waals surface area contributed by atoms with Gasteiger partial charge in [-0.1, -0.05) is 0 Å². The fourth-order valence-corrected chi connectivity index (χ4v) is 2.47. The molecule has 0 aliphatic heterocycles. The quantitative estimate of drug-likeness (QED) is 0.661. The zero-order valence-corrected chi connectivity index (χ0v) is 15.4. The molecule has 0 fully saturated rings. The molecule has 2 amide bonds. The first kappa shape index (κ1) is 19.0. The van der Waals surface area contributed by atoms with Gasteiger partial charge in [0, 0.05) is 36.4 Å². The minimum Gasteiger partial charge on any atom is -0.494 e. The van der Waals surface area contributed by atoms with E-state index in [0.717, 1.165) is 11.3 Å². The van der Waals surface area contributed by atoms with Crippen LogP contribution in [0.15, 0.2) is 67.1 Å². The van der Waals surface area contributed by atoms with Crippen molar-refractivity contribution in [2.45, 2.75) is 13.5 Å². The molecule has 0 saturated heterocycles. The van der Waals surface area contributed by atoms with Crippen molar-refractivity contribution in [1.29, 1.82) is 0 Å². The van der Waals surface area contributed by atoms with Gasteiger partial charge in [-0.15, -0.1) is 0 Å². The van der Waals surface area contributed by atoms with Gasteiger partial charge in [-0.3, -0.25) is 19.6 Å². The maximum atomic E-state index is 12.5. The van der Waals surface area contributed by atoms with E-state index in [9.17, 15) is 9.59 Å². The molecule has 0 aliphatic carbocycles. The lowest BCUT2D eigenvalue weighted by atomic mass is 10.2. The van der Waals surface area contributed by atoms with E-state index in [2.05, 4.69) is 20.6 Å². The van der Waals surface area contributed by atoms with Gasteiger partial charge in [-0.05, 0) is 61.0 Å². The highest BCUT2D eigenvalue weighted by Gasteiger charge is 2.12. The molecule has 0 atom stereocenters. The molecule has 2 N–H and O–H groups in total. The number of ether oxygens (including phenoxy) is 1. The van der Waals surface area contributed by atoms with Crippen LogP contribution in [-0.4, -0.2) is 28.4 Å². The summed E-state index contributed by atoms with van der Waals surface area (Å²) in [6.07, 6.45) is 4.76. The predicted molar refractivity (Wildman–Crippen MR) is 105 cm³/mol. The lowest BCUT2D eigenvalue weighted by molar-refractivity contribution is 0.0946. The molecule has 7 nitrogen and oxygen atoms in total. The van der Waals surface area contributed by atoms with E-state index in [1.165, 1.54) is 12.3 Å². The summed E-state index contributed by atoms with van der Waals surface area (Å²) in [5.41, 5.74) is 2.08. The number of pyridine rings is 2. The lowest BCUT2D eigenvalue weighted by Gasteiger charge is -2.08. The third-order valence-corrected chi connectivity index (χ3v) is 3.88. The van der Waals surface area contributed by atoms with Gasteiger partial charge in [0.1, 0.15) is 11.4 Å². The minimum atomic E-state index is -0.354. The fourth-order valence-electron chi connectivity index (χ4n) is 2.47. The Kier molecular flexibility index (Phi) is 6.30. The highest BCUT2D eigenvalue weighted by Crippen LogP contribution is 2.16. The van der Waals surface area contributed by atoms with E-state index >= 15 is 0 Å². The van der Waals surface area contributed by atoms with Gasteiger partial charge in [0.05, 0.1) is 6.61 Å². The van der Waals surface area contributed by atoms with Crippen LogP contribution in [-0.2, 0) is 6.54 Å². The van der Waals surface area contributed by atoms with Gasteiger partial charge in [0.15, 0.2) is 0 Å². The Morgan fingerprint density at radius 2 is 1.71 bits per heavy atom. The summed E-state index contributed by atoms with van der Waals surface area (Å²) in [6.45, 7) is 2.84. The Morgan fingerprint density at radius 3 is 2.43 bits per heavy atom. The van der Waals surface area contributed by atoms with Gasteiger partial charge in [0.25, 0.3) is 11.8 Å². The largest absolute Gasteiger partial charge is 0.494 e. The molecule has 0 spiro atoms. The van der Waals surface area contributed by atoms with Gasteiger partial charge < -0.3 is 15.4 Å². The van der Waals surface area contributed by atoms with Crippen LogP contribution in [0, 0.1) is 0 Å². The van der Waals surface area contributed by atoms with E-state index in [4.69, 9.17) is 4.74 Å². The Labute approximate surface area is 162 Å². The van der Waals surface area contributed by atoms with Crippen LogP contribution in [0.3, 0.4) is 0 Å². The van der Waals surface area contributed by atoms with Gasteiger partial charge in [-0.2, -0.15) is 0 Å². The minimum absolute atomic E-state index is 0.174. The third-order valence-electron chi connectivity index (χ3n) is 3.88. The number of amides is 2. The van der Waals surface area contributed by atoms with Crippen LogP contribution in [0.1, 0.15) is 33.3 Å². The van der Waals surface area contributed by atoms with Crippen molar-refractivity contribution >= 4 is 17.5 Å². The first-order valence-electron chi connectivity index (χ1n) is 8.83. The summed E-state index contributed by atoms with van der Waals surface area (Å²) in [4.78, 5) is 32.8. The average molecular weight is 376 g/mol. The Morgan fingerprint density at radius 1 is 0.964 bits per heavy atom. The predicted octanol–water partition coefficient (Wildman–Crippen LogP) is 3.06. The highest BCUT2D eigenvalue weighted by molar-refractivity contribution is 6.05. The Balaban J connectivity index is 1.63. The maximum absolute atomic E-state index is 12.5. The van der Waals surface area contributed by atoms with E-state index in [1.807, 2.05) is 19.1 Å². The molecule has 2 aromatic heterocycles. The number of carbonyl (C=O) groups is 2. The summed E-state index contributed by atoms with van der Waals surface area (Å²) in [5, 5.41) is 5.57. The monoisotopic (exact) mass is 376 g/mol. The molecular formula is C21H20N4O3. The van der Waals surface area contributed by atoms with E-state index in [-0.39, 0.29) is 17.5 Å². The van der Waals surface area contributed by atoms with Crippen molar-refractivity contribution < 1.29 is 14.3 Å². The van der Waals surface area contributed by atoms with Crippen LogP contribution < -0.4 is 15.4 Å². The standard InChI is InChI=1S/C21H20N4O3/c1-2-28-18-5-3-17(4-6-18)25-20(26)16-9-12-23-19(13-16)21(27)24-14-15-7-10-22-11-8-15/h3-13H,2,14H2,1H3,(H,24,27)(H,25,26). The smallest absolute Gasteiger partial charge is 0.270 e. The summed E-state index contributed by atoms with van der Waals surface area (Å²) in [7, 11) is 0. The topological polar surface area (TPSA) is 93.2 Å². The van der Waals surface area contributed by atoms with Crippen molar-refractivity contribution in [1.82, 2.24) is 15.3 Å². The summed E-state index contributed by atoms with van der Waals surface area (Å²) in [5.74, 6) is 0.0554. The van der Waals surface area contributed by atoms with Crippen LogP contribution in [0.25, 0.3) is 0 Å². The van der Waals surface area contributed by atoms with Crippen LogP contribution in [0.2, 0.25) is 0 Å². The molecule has 3 rings (SSSR count). The number of nitrogens with one attached hydrogen (secondary N) is 2. The number of carbonyl (C=O) groups excluding carboxylic acids is 2. The molecule has 0 radical (unpaired) electrons. The number of rotatable bonds is 7. The molecule has 28 heavy (non-hydrogen) atoms. The number of hydrogen-bond acceptors (Lipinski definition) is 5. The van der Waals surface area contributed by atoms with Crippen LogP contribution >= 0.6 is 0 Å².